The highest BCUT2D eigenvalue weighted by Gasteiger charge is 2.22. The third kappa shape index (κ3) is 3.22. The van der Waals surface area contributed by atoms with Crippen LogP contribution < -0.4 is 5.73 Å². The molecule has 1 saturated heterocycles. The van der Waals surface area contributed by atoms with Crippen molar-refractivity contribution in [3.05, 3.63) is 29.8 Å². The van der Waals surface area contributed by atoms with Crippen LogP contribution in [0.1, 0.15) is 18.6 Å². The van der Waals surface area contributed by atoms with Crippen LogP contribution in [0.2, 0.25) is 0 Å². The second-order valence-corrected chi connectivity index (χ2v) is 5.28. The number of aliphatic hydroxyl groups is 1. The van der Waals surface area contributed by atoms with E-state index in [1.807, 2.05) is 24.3 Å². The van der Waals surface area contributed by atoms with Gasteiger partial charge in [-0.15, -0.1) is 0 Å². The van der Waals surface area contributed by atoms with Crippen LogP contribution in [0.25, 0.3) is 0 Å². The van der Waals surface area contributed by atoms with Gasteiger partial charge in [0.1, 0.15) is 0 Å². The first-order valence-electron chi connectivity index (χ1n) is 6.52. The molecule has 2 unspecified atom stereocenters. The molecule has 0 amide bonds. The predicted octanol–water partition coefficient (Wildman–Crippen LogP) is 0.938. The molecule has 2 atom stereocenters. The van der Waals surface area contributed by atoms with Gasteiger partial charge < -0.3 is 15.7 Å². The number of β-amino-alcohol motifs (C(OH)–C–C–N with tert-alkyl or cyclic N) is 1. The number of hydrogen-bond donors (Lipinski definition) is 2. The standard InChI is InChI=1S/C14H23N3O/c1-11-9-17(7-6-16(11)2)10-14(18)12-4-3-5-13(15)8-12/h3-5,8,11,14,18H,6-7,9-10,15H2,1-2H3. The third-order valence-corrected chi connectivity index (χ3v) is 3.77. The summed E-state index contributed by atoms with van der Waals surface area (Å²) in [4.78, 5) is 4.67. The summed E-state index contributed by atoms with van der Waals surface area (Å²) in [5, 5.41) is 10.2. The number of nitrogen functional groups attached to an aromatic ring is 1. The molecule has 0 spiro atoms. The molecule has 0 saturated carbocycles. The molecule has 0 aromatic heterocycles. The molecule has 2 rings (SSSR count). The lowest BCUT2D eigenvalue weighted by Gasteiger charge is -2.38. The molecule has 1 aromatic carbocycles. The van der Waals surface area contributed by atoms with E-state index in [1.54, 1.807) is 0 Å². The number of nitrogens with zero attached hydrogens (tertiary/aromatic N) is 2. The van der Waals surface area contributed by atoms with Crippen molar-refractivity contribution < 1.29 is 5.11 Å². The van der Waals surface area contributed by atoms with E-state index in [0.717, 1.165) is 25.2 Å². The number of hydrogen-bond acceptors (Lipinski definition) is 4. The largest absolute Gasteiger partial charge is 0.399 e. The molecule has 4 nitrogen and oxygen atoms in total. The molecule has 1 heterocycles. The molecule has 0 radical (unpaired) electrons. The maximum Gasteiger partial charge on any atom is 0.0917 e. The Morgan fingerprint density at radius 3 is 2.89 bits per heavy atom. The van der Waals surface area contributed by atoms with E-state index in [4.69, 9.17) is 5.73 Å². The summed E-state index contributed by atoms with van der Waals surface area (Å²) in [7, 11) is 2.15. The number of rotatable bonds is 3. The number of piperazine rings is 1. The van der Waals surface area contributed by atoms with Crippen molar-refractivity contribution in [2.45, 2.75) is 19.1 Å². The predicted molar refractivity (Wildman–Crippen MR) is 74.3 cm³/mol. The van der Waals surface area contributed by atoms with Gasteiger partial charge in [-0.25, -0.2) is 0 Å². The summed E-state index contributed by atoms with van der Waals surface area (Å²) in [5.74, 6) is 0. The van der Waals surface area contributed by atoms with E-state index in [1.165, 1.54) is 0 Å². The fourth-order valence-electron chi connectivity index (χ4n) is 2.41. The second-order valence-electron chi connectivity index (χ2n) is 5.28. The maximum absolute atomic E-state index is 10.2. The molecule has 1 aliphatic rings. The van der Waals surface area contributed by atoms with Crippen molar-refractivity contribution in [3.8, 4) is 0 Å². The Kier molecular flexibility index (Phi) is 4.22. The Balaban J connectivity index is 1.93. The minimum absolute atomic E-state index is 0.455. The van der Waals surface area contributed by atoms with Crippen molar-refractivity contribution in [2.75, 3.05) is 39.0 Å². The van der Waals surface area contributed by atoms with Crippen molar-refractivity contribution in [1.82, 2.24) is 9.80 Å². The molecule has 0 aliphatic carbocycles. The zero-order valence-corrected chi connectivity index (χ0v) is 11.2. The van der Waals surface area contributed by atoms with E-state index in [0.29, 0.717) is 18.3 Å². The van der Waals surface area contributed by atoms with Crippen LogP contribution in [0.4, 0.5) is 5.69 Å². The van der Waals surface area contributed by atoms with E-state index >= 15 is 0 Å². The monoisotopic (exact) mass is 249 g/mol. The van der Waals surface area contributed by atoms with Crippen LogP contribution in [0.15, 0.2) is 24.3 Å². The van der Waals surface area contributed by atoms with Crippen molar-refractivity contribution >= 4 is 5.69 Å². The quantitative estimate of drug-likeness (QED) is 0.783. The minimum Gasteiger partial charge on any atom is -0.399 e. The molecule has 0 bridgehead atoms. The number of benzene rings is 1. The van der Waals surface area contributed by atoms with E-state index in [2.05, 4.69) is 23.8 Å². The molecule has 1 aromatic rings. The van der Waals surface area contributed by atoms with Gasteiger partial charge in [0.2, 0.25) is 0 Å². The lowest BCUT2D eigenvalue weighted by atomic mass is 10.1. The molecule has 100 valence electrons. The molecular formula is C14H23N3O. The lowest BCUT2D eigenvalue weighted by molar-refractivity contribution is 0.0568. The number of aliphatic hydroxyl groups excluding tert-OH is 1. The van der Waals surface area contributed by atoms with Gasteiger partial charge in [-0.1, -0.05) is 12.1 Å². The van der Waals surface area contributed by atoms with Gasteiger partial charge in [0.15, 0.2) is 0 Å². The summed E-state index contributed by atoms with van der Waals surface area (Å²) in [6, 6.07) is 8.06. The maximum atomic E-state index is 10.2. The van der Waals surface area contributed by atoms with Crippen LogP contribution in [0.5, 0.6) is 0 Å². The summed E-state index contributed by atoms with van der Waals surface area (Å²) in [6.07, 6.45) is -0.455. The molecule has 1 fully saturated rings. The molecule has 4 heteroatoms. The summed E-state index contributed by atoms with van der Waals surface area (Å²) >= 11 is 0. The third-order valence-electron chi connectivity index (χ3n) is 3.77. The van der Waals surface area contributed by atoms with Crippen molar-refractivity contribution in [1.29, 1.82) is 0 Å². The van der Waals surface area contributed by atoms with Gasteiger partial charge in [-0.3, -0.25) is 4.90 Å². The van der Waals surface area contributed by atoms with Crippen molar-refractivity contribution in [2.24, 2.45) is 0 Å². The van der Waals surface area contributed by atoms with Gasteiger partial charge in [0, 0.05) is 37.9 Å². The Morgan fingerprint density at radius 2 is 2.22 bits per heavy atom. The average molecular weight is 249 g/mol. The highest BCUT2D eigenvalue weighted by atomic mass is 16.3. The molecule has 1 aliphatic heterocycles. The first-order chi connectivity index (χ1) is 8.56. The summed E-state index contributed by atoms with van der Waals surface area (Å²) in [6.45, 7) is 5.99. The average Bonchev–Trinajstić information content (AvgIpc) is 2.34. The Labute approximate surface area is 109 Å². The fourth-order valence-corrected chi connectivity index (χ4v) is 2.41. The topological polar surface area (TPSA) is 52.7 Å². The number of nitrogens with two attached hydrogens (primary N) is 1. The zero-order chi connectivity index (χ0) is 13.1. The van der Waals surface area contributed by atoms with Crippen LogP contribution in [-0.2, 0) is 0 Å². The molecule has 18 heavy (non-hydrogen) atoms. The van der Waals surface area contributed by atoms with Gasteiger partial charge in [-0.05, 0) is 31.7 Å². The number of anilines is 1. The van der Waals surface area contributed by atoms with Gasteiger partial charge >= 0.3 is 0 Å². The normalized spacial score (nSPS) is 24.1. The second kappa shape index (κ2) is 5.69. The first-order valence-corrected chi connectivity index (χ1v) is 6.52. The van der Waals surface area contributed by atoms with Gasteiger partial charge in [0.05, 0.1) is 6.10 Å². The van der Waals surface area contributed by atoms with Crippen LogP contribution in [-0.4, -0.2) is 54.2 Å². The van der Waals surface area contributed by atoms with Gasteiger partial charge in [0.25, 0.3) is 0 Å². The number of likely N-dealkylation sites (N-methyl/N-ethyl adjacent to an activating group) is 1. The van der Waals surface area contributed by atoms with E-state index in [-0.39, 0.29) is 0 Å². The van der Waals surface area contributed by atoms with Crippen LogP contribution in [0.3, 0.4) is 0 Å². The van der Waals surface area contributed by atoms with E-state index < -0.39 is 6.10 Å². The van der Waals surface area contributed by atoms with Crippen LogP contribution >= 0.6 is 0 Å². The Bertz CT molecular complexity index is 396. The molecular weight excluding hydrogens is 226 g/mol. The summed E-state index contributed by atoms with van der Waals surface area (Å²) < 4.78 is 0. The van der Waals surface area contributed by atoms with Crippen molar-refractivity contribution in [3.63, 3.8) is 0 Å². The van der Waals surface area contributed by atoms with Gasteiger partial charge in [-0.2, -0.15) is 0 Å². The Hall–Kier alpha value is -1.10. The zero-order valence-electron chi connectivity index (χ0n) is 11.2. The minimum atomic E-state index is -0.455. The first kappa shape index (κ1) is 13.3. The lowest BCUT2D eigenvalue weighted by Crippen LogP contribution is -2.50. The fraction of sp³-hybridized carbons (Fsp3) is 0.571. The SMILES string of the molecule is CC1CN(CC(O)c2cccc(N)c2)CCN1C. The van der Waals surface area contributed by atoms with E-state index in [9.17, 15) is 5.11 Å². The summed E-state index contributed by atoms with van der Waals surface area (Å²) in [5.41, 5.74) is 7.35. The molecule has 3 N–H and O–H groups in total. The highest BCUT2D eigenvalue weighted by molar-refractivity contribution is 5.41. The van der Waals surface area contributed by atoms with Crippen LogP contribution in [0, 0.1) is 0 Å². The smallest absolute Gasteiger partial charge is 0.0917 e. The highest BCUT2D eigenvalue weighted by Crippen LogP contribution is 2.18. The Morgan fingerprint density at radius 1 is 1.44 bits per heavy atom.